The van der Waals surface area contributed by atoms with E-state index in [1.807, 2.05) is 0 Å². The molecule has 0 aliphatic heterocycles. The smallest absolute Gasteiger partial charge is 0.352 e. The summed E-state index contributed by atoms with van der Waals surface area (Å²) in [5.74, 6) is -1.94. The molecule has 0 spiro atoms. The van der Waals surface area contributed by atoms with E-state index >= 15 is 0 Å². The molecule has 1 heterocycles. The van der Waals surface area contributed by atoms with Crippen LogP contribution in [0.3, 0.4) is 0 Å². The van der Waals surface area contributed by atoms with E-state index in [9.17, 15) is 18.4 Å². The van der Waals surface area contributed by atoms with Gasteiger partial charge >= 0.3 is 5.69 Å². The minimum Gasteiger partial charge on any atom is -0.396 e. The summed E-state index contributed by atoms with van der Waals surface area (Å²) < 4.78 is 27.9. The molecule has 94 valence electrons. The molecule has 18 heavy (non-hydrogen) atoms. The summed E-state index contributed by atoms with van der Waals surface area (Å²) in [5.41, 5.74) is 3.16. The zero-order valence-corrected chi connectivity index (χ0v) is 9.22. The average molecular weight is 254 g/mol. The van der Waals surface area contributed by atoms with Crippen molar-refractivity contribution in [3.8, 4) is 5.69 Å². The maximum atomic E-state index is 13.5. The van der Waals surface area contributed by atoms with Gasteiger partial charge in [0.05, 0.1) is 5.69 Å². The number of rotatable bonds is 1. The van der Waals surface area contributed by atoms with E-state index in [2.05, 4.69) is 5.10 Å². The second-order valence-corrected chi connectivity index (χ2v) is 3.56. The maximum absolute atomic E-state index is 13.5. The van der Waals surface area contributed by atoms with Gasteiger partial charge in [-0.25, -0.2) is 13.6 Å². The van der Waals surface area contributed by atoms with Gasteiger partial charge in [0, 0.05) is 13.1 Å². The number of benzene rings is 1. The van der Waals surface area contributed by atoms with E-state index in [1.54, 1.807) is 0 Å². The standard InChI is InChI=1S/C10H8F2N4O2/c1-15-9(17)4-14-16(10(15)18)8-3-7(13)5(11)2-6(8)12/h2-4H,13H2,1H3. The molecule has 2 aromatic rings. The molecule has 0 bridgehead atoms. The predicted octanol–water partition coefficient (Wildman–Crippen LogP) is -0.208. The summed E-state index contributed by atoms with van der Waals surface area (Å²) in [4.78, 5) is 22.8. The number of nitrogens with zero attached hydrogens (tertiary/aromatic N) is 3. The predicted molar refractivity (Wildman–Crippen MR) is 59.4 cm³/mol. The topological polar surface area (TPSA) is 82.9 Å². The maximum Gasteiger partial charge on any atom is 0.352 e. The summed E-state index contributed by atoms with van der Waals surface area (Å²) in [6.45, 7) is 0. The first kappa shape index (κ1) is 12.0. The van der Waals surface area contributed by atoms with Gasteiger partial charge in [0.15, 0.2) is 5.82 Å². The van der Waals surface area contributed by atoms with Crippen molar-refractivity contribution in [1.29, 1.82) is 0 Å². The molecule has 0 amide bonds. The molecule has 6 nitrogen and oxygen atoms in total. The van der Waals surface area contributed by atoms with Crippen LogP contribution in [-0.4, -0.2) is 14.3 Å². The fraction of sp³-hybridized carbons (Fsp3) is 0.100. The molecule has 0 saturated carbocycles. The van der Waals surface area contributed by atoms with E-state index in [1.165, 1.54) is 7.05 Å². The molecule has 0 atom stereocenters. The van der Waals surface area contributed by atoms with Crippen LogP contribution in [-0.2, 0) is 7.05 Å². The van der Waals surface area contributed by atoms with Crippen LogP contribution in [0.15, 0.2) is 27.9 Å². The van der Waals surface area contributed by atoms with E-state index in [0.29, 0.717) is 10.7 Å². The lowest BCUT2D eigenvalue weighted by Crippen LogP contribution is -2.38. The van der Waals surface area contributed by atoms with Crippen LogP contribution in [0.25, 0.3) is 5.69 Å². The van der Waals surface area contributed by atoms with Crippen molar-refractivity contribution in [2.24, 2.45) is 7.05 Å². The van der Waals surface area contributed by atoms with E-state index < -0.39 is 22.9 Å². The van der Waals surface area contributed by atoms with Gasteiger partial charge < -0.3 is 5.73 Å². The third kappa shape index (κ3) is 1.77. The Morgan fingerprint density at radius 1 is 1.22 bits per heavy atom. The van der Waals surface area contributed by atoms with Crippen LogP contribution in [0.2, 0.25) is 0 Å². The van der Waals surface area contributed by atoms with Crippen LogP contribution < -0.4 is 17.0 Å². The molecule has 2 N–H and O–H groups in total. The van der Waals surface area contributed by atoms with Crippen molar-refractivity contribution < 1.29 is 8.78 Å². The van der Waals surface area contributed by atoms with Gasteiger partial charge in [0.1, 0.15) is 17.7 Å². The zero-order chi connectivity index (χ0) is 13.4. The number of nitrogen functional groups attached to an aromatic ring is 1. The van der Waals surface area contributed by atoms with Crippen molar-refractivity contribution in [2.75, 3.05) is 5.73 Å². The Morgan fingerprint density at radius 2 is 1.89 bits per heavy atom. The summed E-state index contributed by atoms with van der Waals surface area (Å²) in [6, 6.07) is 1.48. The molecule has 0 saturated heterocycles. The molecule has 0 aliphatic carbocycles. The molecular weight excluding hydrogens is 246 g/mol. The van der Waals surface area contributed by atoms with Crippen LogP contribution in [0.1, 0.15) is 0 Å². The van der Waals surface area contributed by atoms with E-state index in [0.717, 1.165) is 16.8 Å². The molecule has 0 fully saturated rings. The van der Waals surface area contributed by atoms with Crippen molar-refractivity contribution in [1.82, 2.24) is 14.3 Å². The monoisotopic (exact) mass is 254 g/mol. The quantitative estimate of drug-likeness (QED) is 0.714. The first-order valence-electron chi connectivity index (χ1n) is 4.82. The van der Waals surface area contributed by atoms with Gasteiger partial charge in [-0.3, -0.25) is 9.36 Å². The Balaban J connectivity index is 2.78. The van der Waals surface area contributed by atoms with Crippen molar-refractivity contribution in [3.05, 3.63) is 50.8 Å². The lowest BCUT2D eigenvalue weighted by atomic mass is 10.2. The number of hydrogen-bond acceptors (Lipinski definition) is 4. The number of halogens is 2. The third-order valence-corrected chi connectivity index (χ3v) is 2.38. The Kier molecular flexibility index (Phi) is 2.70. The first-order valence-corrected chi connectivity index (χ1v) is 4.82. The van der Waals surface area contributed by atoms with Crippen molar-refractivity contribution >= 4 is 5.69 Å². The fourth-order valence-corrected chi connectivity index (χ4v) is 1.36. The first-order chi connectivity index (χ1) is 8.41. The number of hydrogen-bond donors (Lipinski definition) is 1. The van der Waals surface area contributed by atoms with E-state index in [-0.39, 0.29) is 11.4 Å². The number of aromatic nitrogens is 3. The highest BCUT2D eigenvalue weighted by atomic mass is 19.1. The lowest BCUT2D eigenvalue weighted by Gasteiger charge is -2.07. The zero-order valence-electron chi connectivity index (χ0n) is 9.22. The molecule has 0 aliphatic rings. The van der Waals surface area contributed by atoms with Crippen LogP contribution in [0, 0.1) is 11.6 Å². The molecule has 0 unspecified atom stereocenters. The second kappa shape index (κ2) is 4.06. The average Bonchev–Trinajstić information content (AvgIpc) is 2.32. The SMILES string of the molecule is Cn1c(=O)cnn(-c2cc(N)c(F)cc2F)c1=O. The molecule has 0 radical (unpaired) electrons. The molecule has 1 aromatic carbocycles. The second-order valence-electron chi connectivity index (χ2n) is 3.56. The molecule has 1 aromatic heterocycles. The Bertz CT molecular complexity index is 736. The minimum absolute atomic E-state index is 0.325. The van der Waals surface area contributed by atoms with Crippen LogP contribution in [0.4, 0.5) is 14.5 Å². The summed E-state index contributed by atoms with van der Waals surface area (Å²) in [6.07, 6.45) is 0.848. The molecule has 8 heteroatoms. The van der Waals surface area contributed by atoms with Crippen LogP contribution >= 0.6 is 0 Å². The fourth-order valence-electron chi connectivity index (χ4n) is 1.36. The summed E-state index contributed by atoms with van der Waals surface area (Å²) in [5, 5.41) is 3.49. The molecular formula is C10H8F2N4O2. The number of nitrogens with two attached hydrogens (primary N) is 1. The summed E-state index contributed by atoms with van der Waals surface area (Å²) >= 11 is 0. The molecule has 2 rings (SSSR count). The highest BCUT2D eigenvalue weighted by Crippen LogP contribution is 2.18. The third-order valence-electron chi connectivity index (χ3n) is 2.38. The van der Waals surface area contributed by atoms with Gasteiger partial charge in [-0.05, 0) is 6.07 Å². The highest BCUT2D eigenvalue weighted by Gasteiger charge is 2.13. The van der Waals surface area contributed by atoms with Crippen molar-refractivity contribution in [3.63, 3.8) is 0 Å². The van der Waals surface area contributed by atoms with Gasteiger partial charge in [-0.15, -0.1) is 0 Å². The summed E-state index contributed by atoms with van der Waals surface area (Å²) in [7, 11) is 1.22. The lowest BCUT2D eigenvalue weighted by molar-refractivity contribution is 0.563. The Morgan fingerprint density at radius 3 is 2.56 bits per heavy atom. The minimum atomic E-state index is -1.00. The number of anilines is 1. The Labute approximate surface area is 98.9 Å². The van der Waals surface area contributed by atoms with Crippen LogP contribution in [0.5, 0.6) is 0 Å². The van der Waals surface area contributed by atoms with E-state index in [4.69, 9.17) is 5.73 Å². The van der Waals surface area contributed by atoms with Gasteiger partial charge in [0.25, 0.3) is 5.56 Å². The van der Waals surface area contributed by atoms with Gasteiger partial charge in [0.2, 0.25) is 0 Å². The largest absolute Gasteiger partial charge is 0.396 e. The normalized spacial score (nSPS) is 10.6. The van der Waals surface area contributed by atoms with Crippen molar-refractivity contribution in [2.45, 2.75) is 0 Å². The van der Waals surface area contributed by atoms with Gasteiger partial charge in [-0.1, -0.05) is 0 Å². The Hall–Kier alpha value is -2.51. The van der Waals surface area contributed by atoms with Gasteiger partial charge in [-0.2, -0.15) is 9.78 Å². The highest BCUT2D eigenvalue weighted by molar-refractivity contribution is 5.49.